The molecule has 2 saturated heterocycles. The molecule has 2 amide bonds. The number of imide groups is 1. The van der Waals surface area contributed by atoms with Crippen LogP contribution in [0, 0.1) is 12.8 Å². The van der Waals surface area contributed by atoms with Crippen LogP contribution < -0.4 is 9.96 Å². The van der Waals surface area contributed by atoms with Crippen LogP contribution in [0.1, 0.15) is 17.2 Å². The highest BCUT2D eigenvalue weighted by atomic mass is 35.5. The van der Waals surface area contributed by atoms with Crippen molar-refractivity contribution in [2.75, 3.05) is 9.96 Å². The van der Waals surface area contributed by atoms with E-state index in [0.29, 0.717) is 21.3 Å². The Bertz CT molecular complexity index is 1170. The van der Waals surface area contributed by atoms with E-state index in [2.05, 4.69) is 0 Å². The molecule has 5 rings (SSSR count). The number of hydrogen-bond donors (Lipinski definition) is 0. The van der Waals surface area contributed by atoms with Crippen LogP contribution in [-0.4, -0.2) is 17.9 Å². The number of hydroxylamine groups is 1. The number of rotatable bonds is 3. The van der Waals surface area contributed by atoms with Gasteiger partial charge >= 0.3 is 0 Å². The molecule has 156 valence electrons. The first kappa shape index (κ1) is 20.1. The lowest BCUT2D eigenvalue weighted by Gasteiger charge is -2.29. The van der Waals surface area contributed by atoms with Crippen LogP contribution in [0.4, 0.5) is 11.4 Å². The molecule has 0 radical (unpaired) electrons. The molecular weight excluding hydrogens is 435 g/mol. The molecule has 2 aliphatic rings. The van der Waals surface area contributed by atoms with Gasteiger partial charge in [-0.2, -0.15) is 0 Å². The average Bonchev–Trinajstić information content (AvgIpc) is 3.28. The van der Waals surface area contributed by atoms with Gasteiger partial charge in [0.05, 0.1) is 17.4 Å². The van der Waals surface area contributed by atoms with Gasteiger partial charge in [-0.3, -0.25) is 14.4 Å². The molecule has 0 saturated carbocycles. The molecule has 31 heavy (non-hydrogen) atoms. The zero-order valence-corrected chi connectivity index (χ0v) is 18.0. The standard InChI is InChI=1S/C24H18Cl2N2O3/c1-14-18(26)8-5-9-19(14)27-23(29)20-21(15-10-12-16(25)13-11-15)28(31-22(20)24(27)30)17-6-3-2-4-7-17/h2-13,20-22H,1H3/t20-,21+,22-/m1/s1. The van der Waals surface area contributed by atoms with E-state index in [0.717, 1.165) is 11.3 Å². The number of benzene rings is 3. The molecule has 0 aromatic heterocycles. The summed E-state index contributed by atoms with van der Waals surface area (Å²) in [4.78, 5) is 34.3. The molecule has 5 nitrogen and oxygen atoms in total. The molecule has 2 fully saturated rings. The number of halogens is 2. The first-order valence-electron chi connectivity index (χ1n) is 9.87. The largest absolute Gasteiger partial charge is 0.273 e. The minimum absolute atomic E-state index is 0.307. The van der Waals surface area contributed by atoms with Crippen molar-refractivity contribution in [3.05, 3.63) is 94.0 Å². The number of fused-ring (bicyclic) bond motifs is 1. The maximum atomic E-state index is 13.6. The van der Waals surface area contributed by atoms with E-state index in [4.69, 9.17) is 28.0 Å². The average molecular weight is 453 g/mol. The van der Waals surface area contributed by atoms with Gasteiger partial charge in [-0.25, -0.2) is 9.96 Å². The minimum atomic E-state index is -0.924. The summed E-state index contributed by atoms with van der Waals surface area (Å²) >= 11 is 12.3. The summed E-state index contributed by atoms with van der Waals surface area (Å²) in [6.45, 7) is 1.79. The number of carbonyl (C=O) groups is 2. The van der Waals surface area contributed by atoms with Gasteiger partial charge in [0.25, 0.3) is 5.91 Å². The molecule has 0 unspecified atom stereocenters. The van der Waals surface area contributed by atoms with Crippen molar-refractivity contribution in [3.63, 3.8) is 0 Å². The Hall–Kier alpha value is -2.86. The Morgan fingerprint density at radius 2 is 1.55 bits per heavy atom. The third-order valence-corrected chi connectivity index (χ3v) is 6.48. The maximum absolute atomic E-state index is 13.6. The van der Waals surface area contributed by atoms with Crippen LogP contribution in [0.5, 0.6) is 0 Å². The lowest BCUT2D eigenvalue weighted by Crippen LogP contribution is -2.37. The second-order valence-corrected chi connectivity index (χ2v) is 8.45. The van der Waals surface area contributed by atoms with E-state index in [1.54, 1.807) is 42.3 Å². The fraction of sp³-hybridized carbons (Fsp3) is 0.167. The van der Waals surface area contributed by atoms with Gasteiger partial charge in [0.15, 0.2) is 6.10 Å². The number of amides is 2. The van der Waals surface area contributed by atoms with Crippen molar-refractivity contribution in [1.29, 1.82) is 0 Å². The predicted molar refractivity (Wildman–Crippen MR) is 120 cm³/mol. The zero-order valence-electron chi connectivity index (χ0n) is 16.5. The summed E-state index contributed by atoms with van der Waals surface area (Å²) in [5, 5.41) is 2.75. The van der Waals surface area contributed by atoms with E-state index in [-0.39, 0.29) is 5.91 Å². The summed E-state index contributed by atoms with van der Waals surface area (Å²) in [6, 6.07) is 21.4. The molecule has 3 aromatic carbocycles. The number of nitrogens with zero attached hydrogens (tertiary/aromatic N) is 2. The van der Waals surface area contributed by atoms with Gasteiger partial charge < -0.3 is 0 Å². The van der Waals surface area contributed by atoms with E-state index in [9.17, 15) is 9.59 Å². The first-order valence-corrected chi connectivity index (χ1v) is 10.6. The molecule has 0 spiro atoms. The van der Waals surface area contributed by atoms with E-state index >= 15 is 0 Å². The molecule has 0 bridgehead atoms. The monoisotopic (exact) mass is 452 g/mol. The van der Waals surface area contributed by atoms with Gasteiger partial charge in [0, 0.05) is 10.0 Å². The Kier molecular flexibility index (Phi) is 4.97. The second-order valence-electron chi connectivity index (χ2n) is 7.61. The normalized spacial score (nSPS) is 22.9. The number of hydrogen-bond acceptors (Lipinski definition) is 4. The molecular formula is C24H18Cl2N2O3. The maximum Gasteiger partial charge on any atom is 0.266 e. The predicted octanol–water partition coefficient (Wildman–Crippen LogP) is 5.35. The highest BCUT2D eigenvalue weighted by Crippen LogP contribution is 2.48. The van der Waals surface area contributed by atoms with Crippen LogP contribution in [0.2, 0.25) is 10.0 Å². The Labute approximate surface area is 189 Å². The smallest absolute Gasteiger partial charge is 0.266 e. The van der Waals surface area contributed by atoms with Crippen LogP contribution in [0.25, 0.3) is 0 Å². The van der Waals surface area contributed by atoms with Gasteiger partial charge in [-0.05, 0) is 54.4 Å². The summed E-state index contributed by atoms with van der Waals surface area (Å²) in [5.74, 6) is -1.40. The van der Waals surface area contributed by atoms with Gasteiger partial charge in [-0.1, -0.05) is 59.6 Å². The molecule has 0 aliphatic carbocycles. The van der Waals surface area contributed by atoms with Crippen LogP contribution in [0.3, 0.4) is 0 Å². The SMILES string of the molecule is Cc1c(Cl)cccc1N1C(=O)[C@H]2[C@@H](ON(c3ccccc3)[C@H]2c2ccc(Cl)cc2)C1=O. The van der Waals surface area contributed by atoms with Crippen LogP contribution in [-0.2, 0) is 14.4 Å². The van der Waals surface area contributed by atoms with Crippen molar-refractivity contribution in [1.82, 2.24) is 0 Å². The minimum Gasteiger partial charge on any atom is -0.273 e. The molecule has 3 atom stereocenters. The second kappa shape index (κ2) is 7.68. The lowest BCUT2D eigenvalue weighted by molar-refractivity contribution is -0.126. The van der Waals surface area contributed by atoms with Crippen molar-refractivity contribution < 1.29 is 14.4 Å². The van der Waals surface area contributed by atoms with E-state index in [1.165, 1.54) is 4.90 Å². The Balaban J connectivity index is 1.60. The summed E-state index contributed by atoms with van der Waals surface area (Å²) < 4.78 is 0. The van der Waals surface area contributed by atoms with Crippen molar-refractivity contribution in [3.8, 4) is 0 Å². The van der Waals surface area contributed by atoms with Gasteiger partial charge in [0.1, 0.15) is 5.92 Å². The van der Waals surface area contributed by atoms with Gasteiger partial charge in [0.2, 0.25) is 5.91 Å². The van der Waals surface area contributed by atoms with Crippen molar-refractivity contribution in [2.45, 2.75) is 19.1 Å². The third-order valence-electron chi connectivity index (χ3n) is 5.82. The topological polar surface area (TPSA) is 49.9 Å². The highest BCUT2D eigenvalue weighted by Gasteiger charge is 2.60. The fourth-order valence-electron chi connectivity index (χ4n) is 4.29. The summed E-state index contributed by atoms with van der Waals surface area (Å²) in [6.07, 6.45) is -0.924. The number of anilines is 2. The first-order chi connectivity index (χ1) is 15.0. The number of para-hydroxylation sites is 1. The molecule has 3 aromatic rings. The quantitative estimate of drug-likeness (QED) is 0.502. The van der Waals surface area contributed by atoms with Crippen LogP contribution >= 0.6 is 23.2 Å². The van der Waals surface area contributed by atoms with Crippen molar-refractivity contribution in [2.24, 2.45) is 5.92 Å². The highest BCUT2D eigenvalue weighted by molar-refractivity contribution is 6.32. The Morgan fingerprint density at radius 1 is 0.839 bits per heavy atom. The molecule has 7 heteroatoms. The number of carbonyl (C=O) groups excluding carboxylic acids is 2. The fourth-order valence-corrected chi connectivity index (χ4v) is 4.58. The summed E-state index contributed by atoms with van der Waals surface area (Å²) in [5.41, 5.74) is 2.77. The summed E-state index contributed by atoms with van der Waals surface area (Å²) in [7, 11) is 0. The van der Waals surface area contributed by atoms with E-state index in [1.807, 2.05) is 42.5 Å². The third kappa shape index (κ3) is 3.21. The molecule has 2 aliphatic heterocycles. The molecule has 2 heterocycles. The van der Waals surface area contributed by atoms with Crippen molar-refractivity contribution >= 4 is 46.4 Å². The zero-order chi connectivity index (χ0) is 21.7. The van der Waals surface area contributed by atoms with Gasteiger partial charge in [-0.15, -0.1) is 0 Å². The van der Waals surface area contributed by atoms with E-state index < -0.39 is 24.0 Å². The lowest BCUT2D eigenvalue weighted by atomic mass is 9.90. The Morgan fingerprint density at radius 3 is 2.26 bits per heavy atom. The van der Waals surface area contributed by atoms with Crippen LogP contribution in [0.15, 0.2) is 72.8 Å². The molecule has 0 N–H and O–H groups in total.